The van der Waals surface area contributed by atoms with Crippen LogP contribution in [0.25, 0.3) is 0 Å². The number of nitrogens with zero attached hydrogens (tertiary/aromatic N) is 2. The molecule has 0 spiro atoms. The number of hydrogen-bond donors (Lipinski definition) is 1. The number of carbonyl (C=O) groups is 1. The van der Waals surface area contributed by atoms with E-state index in [-0.39, 0.29) is 12.5 Å². The van der Waals surface area contributed by atoms with Crippen LogP contribution < -0.4 is 5.73 Å². The van der Waals surface area contributed by atoms with Gasteiger partial charge in [0.15, 0.2) is 0 Å². The summed E-state index contributed by atoms with van der Waals surface area (Å²) in [5, 5.41) is 0. The van der Waals surface area contributed by atoms with E-state index in [0.717, 1.165) is 19.5 Å². The molecule has 0 aromatic carbocycles. The molecule has 3 atom stereocenters. The number of hydrogen-bond acceptors (Lipinski definition) is 4. The number of methoxy groups -OCH3 is 1. The largest absolute Gasteiger partial charge is 0.370 e. The van der Waals surface area contributed by atoms with Crippen LogP contribution in [0.4, 0.5) is 0 Å². The standard InChI is InChI=1S/C12H23N3O2/c1-14-9-3-4-10(14)8-15(6-5-9)12(16)11(7-13)17-2/h9-11H,3-8,13H2,1-2H3. The fourth-order valence-electron chi connectivity index (χ4n) is 3.01. The van der Waals surface area contributed by atoms with Crippen molar-refractivity contribution in [2.45, 2.75) is 37.5 Å². The lowest BCUT2D eigenvalue weighted by atomic mass is 10.1. The lowest BCUT2D eigenvalue weighted by molar-refractivity contribution is -0.141. The highest BCUT2D eigenvalue weighted by Crippen LogP contribution is 2.28. The van der Waals surface area contributed by atoms with Gasteiger partial charge in [-0.25, -0.2) is 0 Å². The molecule has 2 aliphatic rings. The van der Waals surface area contributed by atoms with Crippen molar-refractivity contribution in [1.29, 1.82) is 0 Å². The molecular formula is C12H23N3O2. The Morgan fingerprint density at radius 1 is 1.41 bits per heavy atom. The van der Waals surface area contributed by atoms with E-state index in [9.17, 15) is 4.79 Å². The monoisotopic (exact) mass is 241 g/mol. The van der Waals surface area contributed by atoms with Crippen LogP contribution in [0.15, 0.2) is 0 Å². The molecule has 0 aromatic rings. The van der Waals surface area contributed by atoms with Crippen molar-refractivity contribution in [3.8, 4) is 0 Å². The van der Waals surface area contributed by atoms with Gasteiger partial charge in [0.05, 0.1) is 0 Å². The maximum Gasteiger partial charge on any atom is 0.253 e. The van der Waals surface area contributed by atoms with Crippen LogP contribution in [0, 0.1) is 0 Å². The van der Waals surface area contributed by atoms with Crippen molar-refractivity contribution in [2.24, 2.45) is 5.73 Å². The molecule has 0 aliphatic carbocycles. The van der Waals surface area contributed by atoms with Gasteiger partial charge < -0.3 is 15.4 Å². The molecule has 2 bridgehead atoms. The van der Waals surface area contributed by atoms with E-state index in [0.29, 0.717) is 12.1 Å². The van der Waals surface area contributed by atoms with Crippen LogP contribution in [0.1, 0.15) is 19.3 Å². The second kappa shape index (κ2) is 5.33. The highest BCUT2D eigenvalue weighted by atomic mass is 16.5. The predicted molar refractivity (Wildman–Crippen MR) is 65.6 cm³/mol. The number of amides is 1. The zero-order valence-electron chi connectivity index (χ0n) is 10.8. The third-order valence-electron chi connectivity index (χ3n) is 4.23. The summed E-state index contributed by atoms with van der Waals surface area (Å²) in [4.78, 5) is 16.6. The number of likely N-dealkylation sites (N-methyl/N-ethyl adjacent to an activating group) is 1. The van der Waals surface area contributed by atoms with Gasteiger partial charge in [-0.15, -0.1) is 0 Å². The zero-order valence-corrected chi connectivity index (χ0v) is 10.8. The van der Waals surface area contributed by atoms with Gasteiger partial charge in [-0.3, -0.25) is 9.69 Å². The molecule has 0 aromatic heterocycles. The van der Waals surface area contributed by atoms with Crippen LogP contribution in [0.3, 0.4) is 0 Å². The van der Waals surface area contributed by atoms with E-state index >= 15 is 0 Å². The Kier molecular flexibility index (Phi) is 4.01. The molecule has 2 fully saturated rings. The molecule has 98 valence electrons. The molecule has 0 radical (unpaired) electrons. The van der Waals surface area contributed by atoms with Gasteiger partial charge in [0.2, 0.25) is 0 Å². The van der Waals surface area contributed by atoms with E-state index in [4.69, 9.17) is 10.5 Å². The molecule has 2 rings (SSSR count). The van der Waals surface area contributed by atoms with Crippen LogP contribution in [-0.2, 0) is 9.53 Å². The average molecular weight is 241 g/mol. The summed E-state index contributed by atoms with van der Waals surface area (Å²) in [6, 6.07) is 1.17. The third kappa shape index (κ3) is 2.46. The summed E-state index contributed by atoms with van der Waals surface area (Å²) in [7, 11) is 3.72. The van der Waals surface area contributed by atoms with E-state index in [2.05, 4.69) is 11.9 Å². The number of rotatable bonds is 3. The second-order valence-corrected chi connectivity index (χ2v) is 5.08. The van der Waals surface area contributed by atoms with Gasteiger partial charge in [-0.2, -0.15) is 0 Å². The first kappa shape index (κ1) is 12.8. The average Bonchev–Trinajstić information content (AvgIpc) is 2.54. The smallest absolute Gasteiger partial charge is 0.253 e. The predicted octanol–water partition coefficient (Wildman–Crippen LogP) is -0.345. The highest BCUT2D eigenvalue weighted by Gasteiger charge is 2.37. The summed E-state index contributed by atoms with van der Waals surface area (Å²) in [6.07, 6.45) is 3.07. The van der Waals surface area contributed by atoms with Gasteiger partial charge >= 0.3 is 0 Å². The van der Waals surface area contributed by atoms with Gasteiger partial charge in [0.25, 0.3) is 5.91 Å². The van der Waals surface area contributed by atoms with Crippen molar-refractivity contribution >= 4 is 5.91 Å². The SMILES string of the molecule is COC(CN)C(=O)N1CCC2CCC(C1)N2C. The lowest BCUT2D eigenvalue weighted by Gasteiger charge is -2.28. The Morgan fingerprint density at radius 2 is 2.12 bits per heavy atom. The Morgan fingerprint density at radius 3 is 2.76 bits per heavy atom. The summed E-state index contributed by atoms with van der Waals surface area (Å²) in [5.41, 5.74) is 5.55. The maximum atomic E-state index is 12.2. The summed E-state index contributed by atoms with van der Waals surface area (Å²) in [6.45, 7) is 1.92. The number of nitrogens with two attached hydrogens (primary N) is 1. The van der Waals surface area contributed by atoms with Crippen molar-refractivity contribution in [1.82, 2.24) is 9.80 Å². The molecule has 5 nitrogen and oxygen atoms in total. The van der Waals surface area contributed by atoms with Crippen LogP contribution >= 0.6 is 0 Å². The first-order chi connectivity index (χ1) is 8.17. The molecule has 1 amide bonds. The Balaban J connectivity index is 2.01. The minimum absolute atomic E-state index is 0.0518. The van der Waals surface area contributed by atoms with Crippen LogP contribution in [0.2, 0.25) is 0 Å². The van der Waals surface area contributed by atoms with E-state index in [1.165, 1.54) is 12.8 Å². The minimum atomic E-state index is -0.475. The molecule has 17 heavy (non-hydrogen) atoms. The van der Waals surface area contributed by atoms with Crippen molar-refractivity contribution in [2.75, 3.05) is 33.8 Å². The van der Waals surface area contributed by atoms with Gasteiger partial charge in [0.1, 0.15) is 6.10 Å². The van der Waals surface area contributed by atoms with Gasteiger partial charge in [-0.1, -0.05) is 0 Å². The first-order valence-electron chi connectivity index (χ1n) is 6.41. The topological polar surface area (TPSA) is 58.8 Å². The molecule has 3 unspecified atom stereocenters. The van der Waals surface area contributed by atoms with E-state index in [1.807, 2.05) is 4.90 Å². The Labute approximate surface area is 103 Å². The lowest BCUT2D eigenvalue weighted by Crippen LogP contribution is -2.47. The van der Waals surface area contributed by atoms with Gasteiger partial charge in [0, 0.05) is 38.8 Å². The van der Waals surface area contributed by atoms with Gasteiger partial charge in [-0.05, 0) is 26.3 Å². The fourth-order valence-corrected chi connectivity index (χ4v) is 3.01. The zero-order chi connectivity index (χ0) is 12.4. The summed E-state index contributed by atoms with van der Waals surface area (Å²) in [5.74, 6) is 0.0518. The molecule has 2 saturated heterocycles. The number of carbonyl (C=O) groups excluding carboxylic acids is 1. The molecule has 2 heterocycles. The Bertz CT molecular complexity index is 281. The summed E-state index contributed by atoms with van der Waals surface area (Å²) < 4.78 is 5.13. The van der Waals surface area contributed by atoms with Crippen molar-refractivity contribution in [3.63, 3.8) is 0 Å². The molecule has 2 N–H and O–H groups in total. The van der Waals surface area contributed by atoms with Crippen molar-refractivity contribution in [3.05, 3.63) is 0 Å². The molecule has 5 heteroatoms. The van der Waals surface area contributed by atoms with Crippen molar-refractivity contribution < 1.29 is 9.53 Å². The van der Waals surface area contributed by atoms with Crippen LogP contribution in [0.5, 0.6) is 0 Å². The quantitative estimate of drug-likeness (QED) is 0.734. The van der Waals surface area contributed by atoms with E-state index in [1.54, 1.807) is 7.11 Å². The second-order valence-electron chi connectivity index (χ2n) is 5.08. The number of likely N-dealkylation sites (tertiary alicyclic amines) is 1. The highest BCUT2D eigenvalue weighted by molar-refractivity contribution is 5.81. The number of ether oxygens (including phenoxy) is 1. The minimum Gasteiger partial charge on any atom is -0.370 e. The molecule has 0 saturated carbocycles. The summed E-state index contributed by atoms with van der Waals surface area (Å²) >= 11 is 0. The maximum absolute atomic E-state index is 12.2. The Hall–Kier alpha value is -0.650. The first-order valence-corrected chi connectivity index (χ1v) is 6.41. The third-order valence-corrected chi connectivity index (χ3v) is 4.23. The molecular weight excluding hydrogens is 218 g/mol. The normalized spacial score (nSPS) is 31.4. The van der Waals surface area contributed by atoms with Crippen LogP contribution in [-0.4, -0.2) is 67.7 Å². The number of fused-ring (bicyclic) bond motifs is 2. The molecule has 2 aliphatic heterocycles. The fraction of sp³-hybridized carbons (Fsp3) is 0.917. The van der Waals surface area contributed by atoms with E-state index < -0.39 is 6.10 Å².